The molecule has 0 aliphatic rings. The fraction of sp³-hybridized carbons (Fsp3) is 0.219. The molecule has 0 bridgehead atoms. The van der Waals surface area contributed by atoms with E-state index >= 15 is 0 Å². The number of esters is 3. The first kappa shape index (κ1) is 28.1. The number of carbonyl (C=O) groups excluding carboxylic acids is 3. The van der Waals surface area contributed by atoms with Crippen LogP contribution in [0.15, 0.2) is 91.0 Å². The minimum Gasteiger partial charge on any atom is -0.462 e. The zero-order valence-corrected chi connectivity index (χ0v) is 22.0. The molecule has 6 nitrogen and oxygen atoms in total. The van der Waals surface area contributed by atoms with Crippen LogP contribution in [0, 0.1) is 0 Å². The largest absolute Gasteiger partial charge is 0.462 e. The van der Waals surface area contributed by atoms with Crippen LogP contribution in [0.25, 0.3) is 22.3 Å². The van der Waals surface area contributed by atoms with Crippen molar-refractivity contribution in [1.29, 1.82) is 0 Å². The van der Waals surface area contributed by atoms with E-state index in [4.69, 9.17) is 14.2 Å². The van der Waals surface area contributed by atoms with Gasteiger partial charge in [-0.25, -0.2) is 14.4 Å². The van der Waals surface area contributed by atoms with Gasteiger partial charge in [-0.05, 0) is 72.4 Å². The predicted molar refractivity (Wildman–Crippen MR) is 148 cm³/mol. The van der Waals surface area contributed by atoms with Crippen LogP contribution in [0.3, 0.4) is 0 Å². The van der Waals surface area contributed by atoms with Crippen LogP contribution in [-0.2, 0) is 25.5 Å². The Bertz CT molecular complexity index is 1330. The first-order valence-corrected chi connectivity index (χ1v) is 12.4. The molecule has 0 unspecified atom stereocenters. The highest BCUT2D eigenvalue weighted by molar-refractivity contribution is 5.91. The van der Waals surface area contributed by atoms with E-state index in [2.05, 4.69) is 13.2 Å². The van der Waals surface area contributed by atoms with Crippen molar-refractivity contribution in [2.24, 2.45) is 0 Å². The Morgan fingerprint density at radius 1 is 0.711 bits per heavy atom. The molecule has 3 aromatic rings. The molecule has 38 heavy (non-hydrogen) atoms. The molecule has 0 fully saturated rings. The molecular weight excluding hydrogens is 480 g/mol. The molecule has 0 aromatic heterocycles. The van der Waals surface area contributed by atoms with E-state index in [1.807, 2.05) is 55.5 Å². The van der Waals surface area contributed by atoms with Crippen molar-refractivity contribution >= 4 is 17.9 Å². The fourth-order valence-corrected chi connectivity index (χ4v) is 3.64. The van der Waals surface area contributed by atoms with Crippen molar-refractivity contribution in [1.82, 2.24) is 0 Å². The average Bonchev–Trinajstić information content (AvgIpc) is 2.92. The SMILES string of the molecule is C=C(C)C(=O)OCCCOC(=O)c1ccc(-c2ccc(-c3ccc(OC(=O)C(=C)C)cc3)cc2)c(CC)c1. The van der Waals surface area contributed by atoms with Crippen LogP contribution >= 0.6 is 0 Å². The van der Waals surface area contributed by atoms with Gasteiger partial charge in [0.25, 0.3) is 0 Å². The number of carbonyl (C=O) groups is 3. The van der Waals surface area contributed by atoms with E-state index in [1.54, 1.807) is 32.0 Å². The summed E-state index contributed by atoms with van der Waals surface area (Å²) in [6.07, 6.45) is 1.16. The molecule has 0 saturated carbocycles. The topological polar surface area (TPSA) is 78.9 Å². The molecule has 3 aromatic carbocycles. The summed E-state index contributed by atoms with van der Waals surface area (Å²) in [7, 11) is 0. The van der Waals surface area contributed by atoms with Crippen molar-refractivity contribution in [3.8, 4) is 28.0 Å². The van der Waals surface area contributed by atoms with Gasteiger partial charge < -0.3 is 14.2 Å². The third-order valence-electron chi connectivity index (χ3n) is 5.77. The normalized spacial score (nSPS) is 10.4. The molecule has 3 rings (SSSR count). The molecule has 0 aliphatic carbocycles. The summed E-state index contributed by atoms with van der Waals surface area (Å²) in [6.45, 7) is 12.7. The highest BCUT2D eigenvalue weighted by Crippen LogP contribution is 2.29. The highest BCUT2D eigenvalue weighted by Gasteiger charge is 2.12. The first-order chi connectivity index (χ1) is 18.2. The zero-order valence-electron chi connectivity index (χ0n) is 22.0. The summed E-state index contributed by atoms with van der Waals surface area (Å²) in [6, 6.07) is 21.0. The van der Waals surface area contributed by atoms with Crippen LogP contribution in [0.1, 0.15) is 43.1 Å². The number of hydrogen-bond acceptors (Lipinski definition) is 6. The predicted octanol–water partition coefficient (Wildman–Crippen LogP) is 6.73. The first-order valence-electron chi connectivity index (χ1n) is 12.4. The molecule has 0 aliphatic heterocycles. The molecule has 0 spiro atoms. The highest BCUT2D eigenvalue weighted by atomic mass is 16.5. The summed E-state index contributed by atoms with van der Waals surface area (Å²) in [5.41, 5.74) is 6.30. The minimum atomic E-state index is -0.452. The van der Waals surface area contributed by atoms with Crippen molar-refractivity contribution in [2.45, 2.75) is 33.6 Å². The summed E-state index contributed by atoms with van der Waals surface area (Å²) < 4.78 is 15.6. The Labute approximate surface area is 223 Å². The van der Waals surface area contributed by atoms with Crippen LogP contribution in [-0.4, -0.2) is 31.1 Å². The Morgan fingerprint density at radius 2 is 1.26 bits per heavy atom. The van der Waals surface area contributed by atoms with Gasteiger partial charge in [-0.1, -0.05) is 62.5 Å². The second-order valence-corrected chi connectivity index (χ2v) is 8.90. The van der Waals surface area contributed by atoms with Gasteiger partial charge in [0.05, 0.1) is 18.8 Å². The minimum absolute atomic E-state index is 0.157. The van der Waals surface area contributed by atoms with Gasteiger partial charge in [-0.2, -0.15) is 0 Å². The van der Waals surface area contributed by atoms with Gasteiger partial charge >= 0.3 is 17.9 Å². The molecule has 0 amide bonds. The maximum atomic E-state index is 12.5. The Hall–Kier alpha value is -4.45. The maximum Gasteiger partial charge on any atom is 0.338 e. The Kier molecular flexibility index (Phi) is 9.77. The van der Waals surface area contributed by atoms with Crippen LogP contribution in [0.2, 0.25) is 0 Å². The second-order valence-electron chi connectivity index (χ2n) is 8.90. The molecule has 6 heteroatoms. The lowest BCUT2D eigenvalue weighted by Crippen LogP contribution is -2.11. The molecule has 0 saturated heterocycles. The summed E-state index contributed by atoms with van der Waals surface area (Å²) in [4.78, 5) is 35.6. The van der Waals surface area contributed by atoms with E-state index in [-0.39, 0.29) is 13.2 Å². The third-order valence-corrected chi connectivity index (χ3v) is 5.77. The van der Waals surface area contributed by atoms with Gasteiger partial charge in [0, 0.05) is 17.6 Å². The van der Waals surface area contributed by atoms with E-state index < -0.39 is 17.9 Å². The van der Waals surface area contributed by atoms with Gasteiger partial charge in [-0.15, -0.1) is 0 Å². The lowest BCUT2D eigenvalue weighted by atomic mass is 9.94. The molecule has 196 valence electrons. The molecular formula is C32H32O6. The molecule has 0 atom stereocenters. The number of benzene rings is 3. The molecule has 0 heterocycles. The lowest BCUT2D eigenvalue weighted by Gasteiger charge is -2.12. The Morgan fingerprint density at radius 3 is 1.84 bits per heavy atom. The standard InChI is InChI=1S/C32H32O6/c1-6-23-20-27(32(35)37-19-7-18-36-30(33)21(2)3)14-17-29(23)26-10-8-24(9-11-26)25-12-15-28(16-13-25)38-31(34)22(4)5/h8-17,20H,2,4,6-7,18-19H2,1,3,5H3. The second kappa shape index (κ2) is 13.2. The van der Waals surface area contributed by atoms with E-state index in [0.717, 1.165) is 34.2 Å². The lowest BCUT2D eigenvalue weighted by molar-refractivity contribution is -0.139. The van der Waals surface area contributed by atoms with E-state index in [9.17, 15) is 14.4 Å². The monoisotopic (exact) mass is 512 g/mol. The quantitative estimate of drug-likeness (QED) is 0.123. The van der Waals surface area contributed by atoms with E-state index in [1.165, 1.54) is 0 Å². The van der Waals surface area contributed by atoms with Crippen molar-refractivity contribution in [3.05, 3.63) is 102 Å². The number of hydrogen-bond donors (Lipinski definition) is 0. The molecule has 0 N–H and O–H groups in total. The van der Waals surface area contributed by atoms with Gasteiger partial charge in [0.2, 0.25) is 0 Å². The number of aryl methyl sites for hydroxylation is 1. The van der Waals surface area contributed by atoms with E-state index in [0.29, 0.717) is 28.9 Å². The molecule has 0 radical (unpaired) electrons. The van der Waals surface area contributed by atoms with Crippen LogP contribution < -0.4 is 4.74 Å². The van der Waals surface area contributed by atoms with Crippen LogP contribution in [0.4, 0.5) is 0 Å². The average molecular weight is 513 g/mol. The summed E-state index contributed by atoms with van der Waals surface area (Å²) in [5, 5.41) is 0. The Balaban J connectivity index is 1.64. The fourth-order valence-electron chi connectivity index (χ4n) is 3.64. The van der Waals surface area contributed by atoms with Gasteiger partial charge in [0.1, 0.15) is 5.75 Å². The third kappa shape index (κ3) is 7.53. The zero-order chi connectivity index (χ0) is 27.7. The van der Waals surface area contributed by atoms with Gasteiger partial charge in [-0.3, -0.25) is 0 Å². The maximum absolute atomic E-state index is 12.5. The van der Waals surface area contributed by atoms with Crippen molar-refractivity contribution < 1.29 is 28.6 Å². The number of ether oxygens (including phenoxy) is 3. The van der Waals surface area contributed by atoms with Gasteiger partial charge in [0.15, 0.2) is 0 Å². The van der Waals surface area contributed by atoms with Crippen molar-refractivity contribution in [3.63, 3.8) is 0 Å². The van der Waals surface area contributed by atoms with Crippen LogP contribution in [0.5, 0.6) is 5.75 Å². The summed E-state index contributed by atoms with van der Waals surface area (Å²) >= 11 is 0. The smallest absolute Gasteiger partial charge is 0.338 e. The number of rotatable bonds is 11. The summed E-state index contributed by atoms with van der Waals surface area (Å²) in [5.74, 6) is -0.845. The van der Waals surface area contributed by atoms with Crippen molar-refractivity contribution in [2.75, 3.05) is 13.2 Å².